The lowest BCUT2D eigenvalue weighted by Crippen LogP contribution is -2.31. The highest BCUT2D eigenvalue weighted by molar-refractivity contribution is 5.98. The third-order valence-corrected chi connectivity index (χ3v) is 5.44. The van der Waals surface area contributed by atoms with Crippen LogP contribution in [0.4, 0.5) is 4.39 Å². The maximum atomic E-state index is 13.7. The molecule has 31 heavy (non-hydrogen) atoms. The van der Waals surface area contributed by atoms with Gasteiger partial charge in [-0.05, 0) is 47.5 Å². The number of ether oxygens (including phenoxy) is 2. The number of benzene rings is 2. The maximum Gasteiger partial charge on any atom is 0.258 e. The maximum absolute atomic E-state index is 13.7. The average Bonchev–Trinajstić information content (AvgIpc) is 3.21. The zero-order valence-electron chi connectivity index (χ0n) is 16.9. The summed E-state index contributed by atoms with van der Waals surface area (Å²) in [7, 11) is 1.42. The number of carbonyl (C=O) groups is 1. The monoisotopic (exact) mass is 417 g/mol. The van der Waals surface area contributed by atoms with E-state index in [0.29, 0.717) is 31.0 Å². The third-order valence-electron chi connectivity index (χ3n) is 5.44. The fraction of sp³-hybridized carbons (Fsp3) is 0.167. The fourth-order valence-electron chi connectivity index (χ4n) is 3.81. The fourth-order valence-corrected chi connectivity index (χ4v) is 3.81. The van der Waals surface area contributed by atoms with E-state index >= 15 is 0 Å². The molecule has 7 heteroatoms. The number of methoxy groups -OCH3 is 1. The first-order valence-corrected chi connectivity index (χ1v) is 9.94. The topological polar surface area (TPSA) is 67.5 Å². The van der Waals surface area contributed by atoms with Gasteiger partial charge < -0.3 is 19.4 Å². The Kier molecular flexibility index (Phi) is 4.78. The van der Waals surface area contributed by atoms with Crippen LogP contribution in [0, 0.1) is 5.82 Å². The lowest BCUT2D eigenvalue weighted by atomic mass is 10.0. The van der Waals surface area contributed by atoms with Crippen molar-refractivity contribution in [3.63, 3.8) is 0 Å². The van der Waals surface area contributed by atoms with Crippen LogP contribution in [0.15, 0.2) is 60.9 Å². The summed E-state index contributed by atoms with van der Waals surface area (Å²) in [5.74, 6) is 0.161. The molecule has 0 saturated carbocycles. The molecule has 1 amide bonds. The van der Waals surface area contributed by atoms with Gasteiger partial charge in [-0.15, -0.1) is 0 Å². The van der Waals surface area contributed by atoms with E-state index in [2.05, 4.69) is 9.97 Å². The summed E-state index contributed by atoms with van der Waals surface area (Å²) >= 11 is 0. The van der Waals surface area contributed by atoms with Gasteiger partial charge in [-0.25, -0.2) is 9.37 Å². The molecule has 6 nitrogen and oxygen atoms in total. The molecular weight excluding hydrogens is 397 g/mol. The van der Waals surface area contributed by atoms with Crippen LogP contribution in [0.1, 0.15) is 15.9 Å². The van der Waals surface area contributed by atoms with E-state index < -0.39 is 5.82 Å². The molecule has 4 aromatic rings. The molecular formula is C24H20FN3O3. The molecule has 5 rings (SSSR count). The Balaban J connectivity index is 1.43. The first-order valence-electron chi connectivity index (χ1n) is 9.94. The minimum atomic E-state index is -0.429. The molecule has 0 saturated heterocycles. The molecule has 0 spiro atoms. The molecule has 1 N–H and O–H groups in total. The van der Waals surface area contributed by atoms with E-state index in [4.69, 9.17) is 9.47 Å². The number of aromatic amines is 1. The lowest BCUT2D eigenvalue weighted by molar-refractivity contribution is 0.0743. The molecule has 156 valence electrons. The number of carbonyl (C=O) groups excluding carboxylic acids is 1. The van der Waals surface area contributed by atoms with Gasteiger partial charge >= 0.3 is 0 Å². The van der Waals surface area contributed by atoms with E-state index in [1.54, 1.807) is 29.3 Å². The first kappa shape index (κ1) is 19.1. The van der Waals surface area contributed by atoms with Crippen molar-refractivity contribution in [2.24, 2.45) is 0 Å². The zero-order valence-corrected chi connectivity index (χ0v) is 16.9. The number of halogens is 1. The van der Waals surface area contributed by atoms with Crippen LogP contribution in [0.5, 0.6) is 11.5 Å². The van der Waals surface area contributed by atoms with Crippen molar-refractivity contribution < 1.29 is 18.7 Å². The van der Waals surface area contributed by atoms with Crippen molar-refractivity contribution >= 4 is 16.9 Å². The molecule has 2 aromatic carbocycles. The van der Waals surface area contributed by atoms with Crippen molar-refractivity contribution in [1.82, 2.24) is 14.9 Å². The van der Waals surface area contributed by atoms with Gasteiger partial charge in [0, 0.05) is 29.9 Å². The molecule has 3 heterocycles. The van der Waals surface area contributed by atoms with Gasteiger partial charge in [0.2, 0.25) is 0 Å². The molecule has 2 aromatic heterocycles. The summed E-state index contributed by atoms with van der Waals surface area (Å²) in [6, 6.07) is 14.2. The minimum absolute atomic E-state index is 0.124. The zero-order chi connectivity index (χ0) is 21.4. The van der Waals surface area contributed by atoms with Gasteiger partial charge in [-0.3, -0.25) is 4.79 Å². The van der Waals surface area contributed by atoms with Gasteiger partial charge in [0.25, 0.3) is 5.91 Å². The molecule has 0 aliphatic carbocycles. The largest absolute Gasteiger partial charge is 0.494 e. The Morgan fingerprint density at radius 1 is 1.16 bits per heavy atom. The highest BCUT2D eigenvalue weighted by Crippen LogP contribution is 2.31. The number of H-pyrrole nitrogens is 1. The number of amides is 1. The van der Waals surface area contributed by atoms with Crippen molar-refractivity contribution in [2.45, 2.75) is 6.54 Å². The molecule has 1 aliphatic heterocycles. The van der Waals surface area contributed by atoms with Gasteiger partial charge in [0.15, 0.2) is 11.6 Å². The number of nitrogens with zero attached hydrogens (tertiary/aromatic N) is 2. The van der Waals surface area contributed by atoms with Crippen molar-refractivity contribution in [1.29, 1.82) is 0 Å². The molecule has 1 aliphatic rings. The summed E-state index contributed by atoms with van der Waals surface area (Å²) in [5.41, 5.74) is 4.01. The summed E-state index contributed by atoms with van der Waals surface area (Å²) in [4.78, 5) is 22.4. The highest BCUT2D eigenvalue weighted by atomic mass is 19.1. The van der Waals surface area contributed by atoms with Crippen LogP contribution in [-0.2, 0) is 6.54 Å². The van der Waals surface area contributed by atoms with Crippen LogP contribution in [0.3, 0.4) is 0 Å². The normalized spacial score (nSPS) is 13.6. The van der Waals surface area contributed by atoms with Gasteiger partial charge in [0.05, 0.1) is 19.2 Å². The highest BCUT2D eigenvalue weighted by Gasteiger charge is 2.24. The number of pyridine rings is 1. The summed E-state index contributed by atoms with van der Waals surface area (Å²) in [6.07, 6.45) is 3.65. The second kappa shape index (κ2) is 7.75. The van der Waals surface area contributed by atoms with Crippen molar-refractivity contribution in [3.8, 4) is 22.6 Å². The average molecular weight is 417 g/mol. The molecule has 0 radical (unpaired) electrons. The number of rotatable bonds is 4. The molecule has 0 atom stereocenters. The van der Waals surface area contributed by atoms with Crippen LogP contribution in [0.25, 0.3) is 22.2 Å². The van der Waals surface area contributed by atoms with E-state index in [9.17, 15) is 9.18 Å². The van der Waals surface area contributed by atoms with E-state index in [-0.39, 0.29) is 11.7 Å². The predicted octanol–water partition coefficient (Wildman–Crippen LogP) is 4.41. The van der Waals surface area contributed by atoms with Crippen LogP contribution in [-0.4, -0.2) is 41.0 Å². The Bertz CT molecular complexity index is 1280. The Morgan fingerprint density at radius 2 is 2.06 bits per heavy atom. The number of nitrogens with one attached hydrogen (secondary N) is 1. The quantitative estimate of drug-likeness (QED) is 0.534. The van der Waals surface area contributed by atoms with Gasteiger partial charge in [0.1, 0.15) is 18.0 Å². The summed E-state index contributed by atoms with van der Waals surface area (Å²) < 4.78 is 24.7. The van der Waals surface area contributed by atoms with E-state index in [0.717, 1.165) is 27.7 Å². The van der Waals surface area contributed by atoms with E-state index in [1.807, 2.05) is 30.5 Å². The van der Waals surface area contributed by atoms with Crippen LogP contribution < -0.4 is 9.47 Å². The molecule has 0 fully saturated rings. The first-order chi connectivity index (χ1) is 15.1. The van der Waals surface area contributed by atoms with Crippen molar-refractivity contribution in [3.05, 3.63) is 77.9 Å². The summed E-state index contributed by atoms with van der Waals surface area (Å²) in [5, 5.41) is 1.02. The second-order valence-corrected chi connectivity index (χ2v) is 7.39. The number of hydrogen-bond donors (Lipinski definition) is 1. The van der Waals surface area contributed by atoms with Crippen LogP contribution >= 0.6 is 0 Å². The van der Waals surface area contributed by atoms with Crippen molar-refractivity contribution in [2.75, 3.05) is 20.3 Å². The van der Waals surface area contributed by atoms with Crippen LogP contribution in [0.2, 0.25) is 0 Å². The minimum Gasteiger partial charge on any atom is -0.494 e. The molecule has 0 unspecified atom stereocenters. The second-order valence-electron chi connectivity index (χ2n) is 7.39. The Hall–Kier alpha value is -3.87. The Labute approximate surface area is 178 Å². The molecule has 0 bridgehead atoms. The smallest absolute Gasteiger partial charge is 0.258 e. The van der Waals surface area contributed by atoms with E-state index in [1.165, 1.54) is 13.2 Å². The number of hydrogen-bond acceptors (Lipinski definition) is 4. The Morgan fingerprint density at radius 3 is 2.94 bits per heavy atom. The standard InChI is InChI=1S/C24H20FN3O3/c1-30-22-10-15(2-5-20(22)25)14-28-8-9-31-21-12-16(3-4-19(21)24(28)29)18-11-17-6-7-26-23(17)27-13-18/h2-7,10-13H,8-9,14H2,1H3,(H,26,27). The number of fused-ring (bicyclic) bond motifs is 2. The SMILES string of the molecule is COc1cc(CN2CCOc3cc(-c4cnc5[nH]ccc5c4)ccc3C2=O)ccc1F. The third kappa shape index (κ3) is 3.59. The lowest BCUT2D eigenvalue weighted by Gasteiger charge is -2.20. The van der Waals surface area contributed by atoms with Gasteiger partial charge in [-0.2, -0.15) is 0 Å². The number of aromatic nitrogens is 2. The predicted molar refractivity (Wildman–Crippen MR) is 115 cm³/mol. The summed E-state index contributed by atoms with van der Waals surface area (Å²) in [6.45, 7) is 1.14. The van der Waals surface area contributed by atoms with Gasteiger partial charge in [-0.1, -0.05) is 12.1 Å².